The average molecular weight is 654 g/mol. The van der Waals surface area contributed by atoms with Crippen molar-refractivity contribution in [2.45, 2.75) is 57.9 Å². The molecule has 2 aliphatic heterocycles. The molecule has 44 heavy (non-hydrogen) atoms. The first-order valence-electron chi connectivity index (χ1n) is 14.7. The van der Waals surface area contributed by atoms with E-state index in [1.54, 1.807) is 30.3 Å². The largest absolute Gasteiger partial charge is 0.488 e. The van der Waals surface area contributed by atoms with Gasteiger partial charge in [0.1, 0.15) is 29.5 Å². The molecule has 9 nitrogen and oxygen atoms in total. The van der Waals surface area contributed by atoms with Crippen LogP contribution < -0.4 is 10.5 Å². The minimum atomic E-state index is -1.04. The third-order valence-electron chi connectivity index (χ3n) is 8.53. The number of fused-ring (bicyclic) bond motifs is 2. The molecule has 6 rings (SSSR count). The van der Waals surface area contributed by atoms with Crippen molar-refractivity contribution < 1.29 is 28.6 Å². The summed E-state index contributed by atoms with van der Waals surface area (Å²) in [5.41, 5.74) is 7.74. The Labute approximate surface area is 269 Å². The number of nitrogens with two attached hydrogens (primary N) is 1. The SMILES string of the molecule is C[C@H]1CN([C@@H](C)CN2CCC(N)CC2)CC[C@@H]1O.Cl.Cl.O=C(O)c1cc2c(OCc3coc4cccc(F)c34)cccc2[nH]1. The number of hydrogen-bond acceptors (Lipinski definition) is 7. The molecule has 0 bridgehead atoms. The van der Waals surface area contributed by atoms with Crippen molar-refractivity contribution in [2.24, 2.45) is 11.7 Å². The van der Waals surface area contributed by atoms with Gasteiger partial charge in [0.25, 0.3) is 0 Å². The molecule has 0 saturated carbocycles. The van der Waals surface area contributed by atoms with Gasteiger partial charge in [-0.2, -0.15) is 0 Å². The van der Waals surface area contributed by atoms with Gasteiger partial charge in [-0.05, 0) is 75.5 Å². The second kappa shape index (κ2) is 15.9. The summed E-state index contributed by atoms with van der Waals surface area (Å²) in [7, 11) is 0. The lowest BCUT2D eigenvalue weighted by Gasteiger charge is -2.41. The highest BCUT2D eigenvalue weighted by Crippen LogP contribution is 2.29. The molecule has 2 aromatic heterocycles. The second-order valence-electron chi connectivity index (χ2n) is 11.7. The first kappa shape index (κ1) is 35.6. The van der Waals surface area contributed by atoms with Crippen LogP contribution >= 0.6 is 24.8 Å². The number of ether oxygens (including phenoxy) is 1. The Bertz CT molecular complexity index is 1510. The lowest BCUT2D eigenvalue weighted by molar-refractivity contribution is 0.0119. The van der Waals surface area contributed by atoms with Crippen LogP contribution in [0.1, 0.15) is 49.2 Å². The zero-order valence-electron chi connectivity index (χ0n) is 25.1. The van der Waals surface area contributed by atoms with Gasteiger partial charge in [-0.25, -0.2) is 9.18 Å². The number of aliphatic hydroxyl groups excluding tert-OH is 1. The van der Waals surface area contributed by atoms with Crippen LogP contribution in [0.2, 0.25) is 0 Å². The van der Waals surface area contributed by atoms with Crippen LogP contribution in [0.5, 0.6) is 5.75 Å². The highest BCUT2D eigenvalue weighted by Gasteiger charge is 2.28. The molecule has 0 amide bonds. The Balaban J connectivity index is 0.000000239. The minimum Gasteiger partial charge on any atom is -0.488 e. The molecule has 12 heteroatoms. The predicted molar refractivity (Wildman–Crippen MR) is 175 cm³/mol. The number of piperidine rings is 2. The molecule has 3 atom stereocenters. The number of carbonyl (C=O) groups is 1. The lowest BCUT2D eigenvalue weighted by Crippen LogP contribution is -2.51. The standard InChI is InChI=1S/C18H12FNO4.C14H29N3O.2ClH/c19-12-3-1-6-16-17(12)10(9-24-16)8-23-15-5-2-4-13-11(15)7-14(20-13)18(21)22;1-11-9-17(8-5-14(11)18)12(2)10-16-6-3-13(15)4-7-16;;/h1-7,9,20H,8H2,(H,21,22);11-14,18H,3-10,15H2,1-2H3;2*1H/t;11-,12-,14-;;/m.0../s1. The van der Waals surface area contributed by atoms with Gasteiger partial charge in [0.15, 0.2) is 0 Å². The van der Waals surface area contributed by atoms with E-state index in [1.165, 1.54) is 18.4 Å². The van der Waals surface area contributed by atoms with Crippen molar-refractivity contribution in [3.8, 4) is 5.75 Å². The summed E-state index contributed by atoms with van der Waals surface area (Å²) in [5, 5.41) is 19.9. The van der Waals surface area contributed by atoms with Crippen molar-refractivity contribution in [3.05, 3.63) is 65.8 Å². The van der Waals surface area contributed by atoms with Gasteiger partial charge in [0.05, 0.1) is 17.8 Å². The van der Waals surface area contributed by atoms with E-state index in [1.807, 2.05) is 0 Å². The summed E-state index contributed by atoms with van der Waals surface area (Å²) < 4.78 is 25.1. The number of rotatable bonds is 7. The van der Waals surface area contributed by atoms with Gasteiger partial charge >= 0.3 is 5.97 Å². The number of carboxylic acid groups (broad SMARTS) is 1. The zero-order chi connectivity index (χ0) is 29.8. The fourth-order valence-electron chi connectivity index (χ4n) is 5.93. The summed E-state index contributed by atoms with van der Waals surface area (Å²) in [6.07, 6.45) is 4.58. The Kier molecular flexibility index (Phi) is 12.9. The Morgan fingerprint density at radius 1 is 1.16 bits per heavy atom. The van der Waals surface area contributed by atoms with E-state index in [4.69, 9.17) is 20.0 Å². The molecule has 2 saturated heterocycles. The van der Waals surface area contributed by atoms with Crippen LogP contribution in [-0.2, 0) is 6.61 Å². The number of carboxylic acids is 1. The third-order valence-corrected chi connectivity index (χ3v) is 8.53. The number of hydrogen-bond donors (Lipinski definition) is 4. The quantitative estimate of drug-likeness (QED) is 0.201. The van der Waals surface area contributed by atoms with Gasteiger partial charge in [-0.1, -0.05) is 19.1 Å². The maximum Gasteiger partial charge on any atom is 0.352 e. The summed E-state index contributed by atoms with van der Waals surface area (Å²) in [5.74, 6) is -0.481. The summed E-state index contributed by atoms with van der Waals surface area (Å²) >= 11 is 0. The van der Waals surface area contributed by atoms with E-state index in [9.17, 15) is 14.3 Å². The van der Waals surface area contributed by atoms with Crippen molar-refractivity contribution in [1.82, 2.24) is 14.8 Å². The average Bonchev–Trinajstić information content (AvgIpc) is 3.61. The maximum absolute atomic E-state index is 14.0. The van der Waals surface area contributed by atoms with Crippen LogP contribution in [0.3, 0.4) is 0 Å². The van der Waals surface area contributed by atoms with Crippen LogP contribution in [-0.4, -0.2) is 81.9 Å². The van der Waals surface area contributed by atoms with E-state index >= 15 is 0 Å². The molecule has 0 aliphatic carbocycles. The molecule has 242 valence electrons. The van der Waals surface area contributed by atoms with Crippen molar-refractivity contribution in [3.63, 3.8) is 0 Å². The van der Waals surface area contributed by atoms with Crippen LogP contribution in [0.25, 0.3) is 21.9 Å². The van der Waals surface area contributed by atoms with Crippen molar-refractivity contribution in [2.75, 3.05) is 32.7 Å². The van der Waals surface area contributed by atoms with Crippen molar-refractivity contribution >= 4 is 52.7 Å². The molecule has 2 aromatic carbocycles. The van der Waals surface area contributed by atoms with E-state index in [0.717, 1.165) is 52.0 Å². The van der Waals surface area contributed by atoms with E-state index < -0.39 is 5.97 Å². The highest BCUT2D eigenvalue weighted by atomic mass is 35.5. The number of likely N-dealkylation sites (tertiary alicyclic amines) is 2. The number of furan rings is 1. The van der Waals surface area contributed by atoms with Gasteiger partial charge in [0.2, 0.25) is 0 Å². The smallest absolute Gasteiger partial charge is 0.352 e. The van der Waals surface area contributed by atoms with Crippen LogP contribution in [0.4, 0.5) is 4.39 Å². The Hall–Kier alpha value is -2.86. The molecular weight excluding hydrogens is 610 g/mol. The molecule has 0 spiro atoms. The number of nitrogens with zero attached hydrogens (tertiary/aromatic N) is 2. The van der Waals surface area contributed by atoms with E-state index in [2.05, 4.69) is 28.6 Å². The fourth-order valence-corrected chi connectivity index (χ4v) is 5.93. The molecule has 0 radical (unpaired) electrons. The summed E-state index contributed by atoms with van der Waals surface area (Å²) in [4.78, 5) is 19.0. The van der Waals surface area contributed by atoms with E-state index in [0.29, 0.717) is 51.2 Å². The van der Waals surface area contributed by atoms with E-state index in [-0.39, 0.29) is 49.0 Å². The molecule has 5 N–H and O–H groups in total. The number of nitrogens with one attached hydrogen (secondary N) is 1. The van der Waals surface area contributed by atoms with Gasteiger partial charge in [-0.15, -0.1) is 24.8 Å². The fraction of sp³-hybridized carbons (Fsp3) is 0.469. The number of aromatic amines is 1. The van der Waals surface area contributed by atoms with Gasteiger partial charge in [-0.3, -0.25) is 4.90 Å². The maximum atomic E-state index is 14.0. The van der Waals surface area contributed by atoms with Crippen molar-refractivity contribution in [1.29, 1.82) is 0 Å². The summed E-state index contributed by atoms with van der Waals surface area (Å²) in [6, 6.07) is 12.4. The number of aromatic carboxylic acids is 1. The predicted octanol–water partition coefficient (Wildman–Crippen LogP) is 5.67. The normalized spacial score (nSPS) is 20.3. The summed E-state index contributed by atoms with van der Waals surface area (Å²) in [6.45, 7) is 10.1. The molecule has 0 unspecified atom stereocenters. The molecule has 4 aromatic rings. The number of halogens is 3. The Morgan fingerprint density at radius 3 is 2.59 bits per heavy atom. The number of aliphatic hydroxyl groups is 1. The molecular formula is C32H43Cl2FN4O5. The molecule has 4 heterocycles. The highest BCUT2D eigenvalue weighted by molar-refractivity contribution is 5.96. The lowest BCUT2D eigenvalue weighted by atomic mass is 9.95. The molecule has 2 aliphatic rings. The topological polar surface area (TPSA) is 128 Å². The van der Waals surface area contributed by atoms with Crippen LogP contribution in [0.15, 0.2) is 53.1 Å². The Morgan fingerprint density at radius 2 is 1.89 bits per heavy atom. The number of H-pyrrole nitrogens is 1. The number of aromatic nitrogens is 1. The first-order valence-corrected chi connectivity index (χ1v) is 14.7. The monoisotopic (exact) mass is 652 g/mol. The minimum absolute atomic E-state index is 0. The molecule has 2 fully saturated rings. The zero-order valence-corrected chi connectivity index (χ0v) is 26.7. The van der Waals surface area contributed by atoms with Gasteiger partial charge < -0.3 is 35.0 Å². The first-order chi connectivity index (χ1) is 20.2. The third kappa shape index (κ3) is 8.44. The van der Waals surface area contributed by atoms with Crippen LogP contribution in [0, 0.1) is 11.7 Å². The second-order valence-corrected chi connectivity index (χ2v) is 11.7. The van der Waals surface area contributed by atoms with Gasteiger partial charge in [0, 0.05) is 48.2 Å². The number of benzene rings is 2.